The second-order valence-electron chi connectivity index (χ2n) is 6.36. The van der Waals surface area contributed by atoms with Crippen molar-refractivity contribution in [2.75, 3.05) is 13.2 Å². The quantitative estimate of drug-likeness (QED) is 0.772. The van der Waals surface area contributed by atoms with E-state index < -0.39 is 0 Å². The second-order valence-corrected chi connectivity index (χ2v) is 6.80. The molecule has 1 aliphatic carbocycles. The highest BCUT2D eigenvalue weighted by molar-refractivity contribution is 6.30. The molecule has 1 fully saturated rings. The van der Waals surface area contributed by atoms with Crippen LogP contribution in [0, 0.1) is 11.8 Å². The van der Waals surface area contributed by atoms with Crippen molar-refractivity contribution in [1.82, 2.24) is 5.32 Å². The predicted octanol–water partition coefficient (Wildman–Crippen LogP) is 4.91. The van der Waals surface area contributed by atoms with Gasteiger partial charge in [-0.2, -0.15) is 0 Å². The third-order valence-electron chi connectivity index (χ3n) is 4.43. The number of benzene rings is 1. The Hall–Kier alpha value is -0.730. The molecule has 0 spiro atoms. The summed E-state index contributed by atoms with van der Waals surface area (Å²) in [4.78, 5) is 0. The number of rotatable bonds is 7. The molecule has 118 valence electrons. The topological polar surface area (TPSA) is 21.3 Å². The fraction of sp³-hybridized carbons (Fsp3) is 0.667. The Morgan fingerprint density at radius 2 is 2.24 bits per heavy atom. The van der Waals surface area contributed by atoms with E-state index in [1.165, 1.54) is 25.7 Å². The fourth-order valence-corrected chi connectivity index (χ4v) is 3.46. The first kappa shape index (κ1) is 16.6. The number of nitrogens with one attached hydrogen (secondary N) is 1. The number of hydrogen-bond acceptors (Lipinski definition) is 2. The van der Waals surface area contributed by atoms with Gasteiger partial charge in [-0.15, -0.1) is 0 Å². The maximum absolute atomic E-state index is 6.02. The molecule has 3 heteroatoms. The Balaban J connectivity index is 1.92. The lowest BCUT2D eigenvalue weighted by Gasteiger charge is -2.33. The van der Waals surface area contributed by atoms with Gasteiger partial charge in [0.15, 0.2) is 0 Å². The molecule has 1 aromatic rings. The minimum Gasteiger partial charge on any atom is -0.492 e. The van der Waals surface area contributed by atoms with Crippen molar-refractivity contribution in [3.05, 3.63) is 29.3 Å². The zero-order valence-electron chi connectivity index (χ0n) is 13.3. The first-order valence-electron chi connectivity index (χ1n) is 8.30. The van der Waals surface area contributed by atoms with Crippen LogP contribution in [-0.2, 0) is 0 Å². The Bertz CT molecular complexity index is 423. The number of hydrogen-bond donors (Lipinski definition) is 1. The van der Waals surface area contributed by atoms with Crippen LogP contribution in [0.25, 0.3) is 0 Å². The smallest absolute Gasteiger partial charge is 0.120 e. The SMILES string of the molecule is CCCNC(COc1cccc(Cl)c1)C1CCCC(C)C1. The van der Waals surface area contributed by atoms with Crippen LogP contribution in [0.4, 0.5) is 0 Å². The molecule has 0 aromatic heterocycles. The van der Waals surface area contributed by atoms with Gasteiger partial charge in [0.2, 0.25) is 0 Å². The molecule has 2 rings (SSSR count). The molecule has 0 saturated heterocycles. The van der Waals surface area contributed by atoms with E-state index in [9.17, 15) is 0 Å². The number of ether oxygens (including phenoxy) is 1. The molecule has 3 unspecified atom stereocenters. The van der Waals surface area contributed by atoms with Crippen LogP contribution in [0.2, 0.25) is 5.02 Å². The predicted molar refractivity (Wildman–Crippen MR) is 90.2 cm³/mol. The first-order valence-corrected chi connectivity index (χ1v) is 8.68. The van der Waals surface area contributed by atoms with E-state index >= 15 is 0 Å². The van der Waals surface area contributed by atoms with E-state index in [1.54, 1.807) is 0 Å². The summed E-state index contributed by atoms with van der Waals surface area (Å²) in [7, 11) is 0. The van der Waals surface area contributed by atoms with Gasteiger partial charge in [0.25, 0.3) is 0 Å². The van der Waals surface area contributed by atoms with Gasteiger partial charge in [0, 0.05) is 11.1 Å². The van der Waals surface area contributed by atoms with Crippen molar-refractivity contribution in [1.29, 1.82) is 0 Å². The van der Waals surface area contributed by atoms with Gasteiger partial charge in [-0.25, -0.2) is 0 Å². The molecular formula is C18H28ClNO. The van der Waals surface area contributed by atoms with Crippen LogP contribution in [0.1, 0.15) is 46.0 Å². The second kappa shape index (κ2) is 8.65. The third-order valence-corrected chi connectivity index (χ3v) is 4.66. The maximum atomic E-state index is 6.02. The average molecular weight is 310 g/mol. The molecule has 3 atom stereocenters. The van der Waals surface area contributed by atoms with Crippen molar-refractivity contribution in [2.24, 2.45) is 11.8 Å². The molecule has 0 radical (unpaired) electrons. The average Bonchev–Trinajstić information content (AvgIpc) is 2.47. The summed E-state index contributed by atoms with van der Waals surface area (Å²) in [6.07, 6.45) is 6.54. The van der Waals surface area contributed by atoms with Gasteiger partial charge in [-0.3, -0.25) is 0 Å². The largest absolute Gasteiger partial charge is 0.492 e. The zero-order chi connectivity index (χ0) is 15.1. The highest BCUT2D eigenvalue weighted by Crippen LogP contribution is 2.31. The highest BCUT2D eigenvalue weighted by atomic mass is 35.5. The van der Waals surface area contributed by atoms with Gasteiger partial charge >= 0.3 is 0 Å². The van der Waals surface area contributed by atoms with E-state index in [-0.39, 0.29) is 0 Å². The fourth-order valence-electron chi connectivity index (χ4n) is 3.28. The van der Waals surface area contributed by atoms with Crippen LogP contribution in [-0.4, -0.2) is 19.2 Å². The van der Waals surface area contributed by atoms with Gasteiger partial charge in [0.05, 0.1) is 0 Å². The molecule has 1 aromatic carbocycles. The molecular weight excluding hydrogens is 282 g/mol. The molecule has 21 heavy (non-hydrogen) atoms. The molecule has 1 saturated carbocycles. The lowest BCUT2D eigenvalue weighted by atomic mass is 9.78. The van der Waals surface area contributed by atoms with Crippen molar-refractivity contribution >= 4 is 11.6 Å². The summed E-state index contributed by atoms with van der Waals surface area (Å²) >= 11 is 6.02. The summed E-state index contributed by atoms with van der Waals surface area (Å²) in [5, 5.41) is 4.42. The van der Waals surface area contributed by atoms with E-state index in [0.29, 0.717) is 6.04 Å². The van der Waals surface area contributed by atoms with Crippen LogP contribution >= 0.6 is 11.6 Å². The van der Waals surface area contributed by atoms with Crippen LogP contribution in [0.15, 0.2) is 24.3 Å². The highest BCUT2D eigenvalue weighted by Gasteiger charge is 2.26. The summed E-state index contributed by atoms with van der Waals surface area (Å²) in [5.41, 5.74) is 0. The lowest BCUT2D eigenvalue weighted by molar-refractivity contribution is 0.165. The standard InChI is InChI=1S/C18H28ClNO/c1-3-10-20-18(15-7-4-6-14(2)11-15)13-21-17-9-5-8-16(19)12-17/h5,8-9,12,14-15,18,20H,3-4,6-7,10-11,13H2,1-2H3. The van der Waals surface area contributed by atoms with Crippen molar-refractivity contribution < 1.29 is 4.74 Å². The summed E-state index contributed by atoms with van der Waals surface area (Å²) < 4.78 is 5.99. The Labute approximate surface area is 134 Å². The molecule has 1 N–H and O–H groups in total. The molecule has 0 amide bonds. The zero-order valence-corrected chi connectivity index (χ0v) is 14.0. The van der Waals surface area contributed by atoms with Gasteiger partial charge in [-0.1, -0.05) is 44.4 Å². The molecule has 1 aliphatic rings. The van der Waals surface area contributed by atoms with Crippen LogP contribution in [0.3, 0.4) is 0 Å². The Kier molecular flexibility index (Phi) is 6.85. The first-order chi connectivity index (χ1) is 10.2. The van der Waals surface area contributed by atoms with E-state index in [1.807, 2.05) is 24.3 Å². The Morgan fingerprint density at radius 1 is 1.38 bits per heavy atom. The van der Waals surface area contributed by atoms with Gasteiger partial charge in [0.1, 0.15) is 12.4 Å². The number of halogens is 1. The van der Waals surface area contributed by atoms with Crippen molar-refractivity contribution in [3.63, 3.8) is 0 Å². The van der Waals surface area contributed by atoms with Crippen molar-refractivity contribution in [3.8, 4) is 5.75 Å². The monoisotopic (exact) mass is 309 g/mol. The maximum Gasteiger partial charge on any atom is 0.120 e. The van der Waals surface area contributed by atoms with E-state index in [2.05, 4.69) is 19.2 Å². The van der Waals surface area contributed by atoms with Crippen LogP contribution in [0.5, 0.6) is 5.75 Å². The van der Waals surface area contributed by atoms with Gasteiger partial charge in [-0.05, 0) is 55.8 Å². The Morgan fingerprint density at radius 3 is 2.95 bits per heavy atom. The van der Waals surface area contributed by atoms with E-state index in [4.69, 9.17) is 16.3 Å². The third kappa shape index (κ3) is 5.52. The molecule has 0 aliphatic heterocycles. The van der Waals surface area contributed by atoms with E-state index in [0.717, 1.165) is 42.2 Å². The summed E-state index contributed by atoms with van der Waals surface area (Å²) in [6, 6.07) is 8.14. The summed E-state index contributed by atoms with van der Waals surface area (Å²) in [6.45, 7) is 6.39. The molecule has 0 bridgehead atoms. The minimum atomic E-state index is 0.451. The summed E-state index contributed by atoms with van der Waals surface area (Å²) in [5.74, 6) is 2.45. The van der Waals surface area contributed by atoms with Gasteiger partial charge < -0.3 is 10.1 Å². The van der Waals surface area contributed by atoms with Crippen LogP contribution < -0.4 is 10.1 Å². The lowest BCUT2D eigenvalue weighted by Crippen LogP contribution is -2.43. The minimum absolute atomic E-state index is 0.451. The molecule has 0 heterocycles. The van der Waals surface area contributed by atoms with Crippen molar-refractivity contribution in [2.45, 2.75) is 52.0 Å². The normalized spacial score (nSPS) is 23.8. The molecule has 2 nitrogen and oxygen atoms in total.